The lowest BCUT2D eigenvalue weighted by atomic mass is 10.2. The molecule has 0 unspecified atom stereocenters. The standard InChI is InChI=1S/C33H44N6O4/c1-5-7-9-32(37-29(8-6-2)30-24-27(12-13-34-30)43-21-20-42-19-18-41-4)35-26-10-11-28-25(22-26)23-31(36-28)33(40)39-16-14-38(3)15-17-39/h6,8,10-13,22-24,36H,2,5,7,9,14-21H2,1,3-4H3,(H,35,37)/b29-8-. The first kappa shape index (κ1) is 31.9. The minimum absolute atomic E-state index is 0.0422. The molecule has 3 aromatic rings. The van der Waals surface area contributed by atoms with Crippen LogP contribution in [0.2, 0.25) is 0 Å². The van der Waals surface area contributed by atoms with E-state index in [9.17, 15) is 4.79 Å². The van der Waals surface area contributed by atoms with Gasteiger partial charge in [0.05, 0.1) is 31.2 Å². The van der Waals surface area contributed by atoms with Gasteiger partial charge in [-0.2, -0.15) is 0 Å². The molecule has 1 aliphatic heterocycles. The van der Waals surface area contributed by atoms with Gasteiger partial charge in [0.15, 0.2) is 0 Å². The number of aromatic amines is 1. The first-order chi connectivity index (χ1) is 21.0. The maximum atomic E-state index is 13.1. The largest absolute Gasteiger partial charge is 0.491 e. The van der Waals surface area contributed by atoms with Crippen molar-refractivity contribution in [2.45, 2.75) is 26.2 Å². The molecular formula is C33H44N6O4. The Morgan fingerprint density at radius 1 is 1.12 bits per heavy atom. The molecule has 43 heavy (non-hydrogen) atoms. The number of piperazine rings is 1. The number of aliphatic imine (C=N–C) groups is 1. The minimum Gasteiger partial charge on any atom is -0.491 e. The molecule has 1 fully saturated rings. The zero-order valence-corrected chi connectivity index (χ0v) is 25.6. The van der Waals surface area contributed by atoms with Crippen LogP contribution in [0.25, 0.3) is 16.6 Å². The first-order valence-corrected chi connectivity index (χ1v) is 14.9. The number of hydrogen-bond donors (Lipinski definition) is 2. The fraction of sp³-hybridized carbons (Fsp3) is 0.424. The number of amidine groups is 1. The van der Waals surface area contributed by atoms with Crippen molar-refractivity contribution in [1.29, 1.82) is 0 Å². The Morgan fingerprint density at radius 2 is 1.93 bits per heavy atom. The molecule has 0 saturated carbocycles. The molecule has 2 N–H and O–H groups in total. The van der Waals surface area contributed by atoms with Crippen LogP contribution >= 0.6 is 0 Å². The third kappa shape index (κ3) is 9.51. The van der Waals surface area contributed by atoms with Gasteiger partial charge in [-0.1, -0.05) is 26.0 Å². The smallest absolute Gasteiger partial charge is 0.270 e. The molecule has 0 aliphatic carbocycles. The summed E-state index contributed by atoms with van der Waals surface area (Å²) in [7, 11) is 3.73. The van der Waals surface area contributed by atoms with E-state index in [1.807, 2.05) is 47.4 Å². The van der Waals surface area contributed by atoms with Crippen LogP contribution in [0.15, 0.2) is 66.3 Å². The summed E-state index contributed by atoms with van der Waals surface area (Å²) in [4.78, 5) is 30.1. The number of anilines is 1. The van der Waals surface area contributed by atoms with Crippen molar-refractivity contribution in [2.75, 3.05) is 72.1 Å². The van der Waals surface area contributed by atoms with Crippen LogP contribution in [0.4, 0.5) is 5.69 Å². The highest BCUT2D eigenvalue weighted by atomic mass is 16.5. The molecule has 1 aromatic carbocycles. The minimum atomic E-state index is 0.0422. The number of rotatable bonds is 15. The second kappa shape index (κ2) is 16.6. The average molecular weight is 589 g/mol. The Hall–Kier alpha value is -3.99. The van der Waals surface area contributed by atoms with E-state index in [0.717, 1.165) is 67.9 Å². The number of benzene rings is 1. The number of methoxy groups -OCH3 is 1. The van der Waals surface area contributed by atoms with Gasteiger partial charge in [0, 0.05) is 68.6 Å². The maximum absolute atomic E-state index is 13.1. The monoisotopic (exact) mass is 588 g/mol. The Morgan fingerprint density at radius 3 is 2.70 bits per heavy atom. The van der Waals surface area contributed by atoms with Crippen molar-refractivity contribution in [3.8, 4) is 5.75 Å². The topological polar surface area (TPSA) is 104 Å². The van der Waals surface area contributed by atoms with Crippen LogP contribution in [0.1, 0.15) is 42.4 Å². The lowest BCUT2D eigenvalue weighted by Crippen LogP contribution is -2.47. The number of carbonyl (C=O) groups is 1. The molecule has 230 valence electrons. The number of hydrogen-bond acceptors (Lipinski definition) is 7. The van der Waals surface area contributed by atoms with E-state index in [2.05, 4.69) is 40.7 Å². The number of allylic oxidation sites excluding steroid dienone is 2. The number of unbranched alkanes of at least 4 members (excludes halogenated alkanes) is 1. The predicted octanol–water partition coefficient (Wildman–Crippen LogP) is 5.22. The number of amides is 1. The van der Waals surface area contributed by atoms with Crippen LogP contribution in [-0.2, 0) is 9.47 Å². The van der Waals surface area contributed by atoms with Crippen molar-refractivity contribution >= 4 is 34.0 Å². The molecule has 0 spiro atoms. The van der Waals surface area contributed by atoms with E-state index < -0.39 is 0 Å². The van der Waals surface area contributed by atoms with Crippen LogP contribution < -0.4 is 10.1 Å². The first-order valence-electron chi connectivity index (χ1n) is 14.9. The normalized spacial score (nSPS) is 14.7. The lowest BCUT2D eigenvalue weighted by Gasteiger charge is -2.32. The van der Waals surface area contributed by atoms with Crippen LogP contribution in [0.3, 0.4) is 0 Å². The van der Waals surface area contributed by atoms with Gasteiger partial charge in [0.2, 0.25) is 0 Å². The highest BCUT2D eigenvalue weighted by Crippen LogP contribution is 2.24. The van der Waals surface area contributed by atoms with E-state index in [4.69, 9.17) is 19.2 Å². The van der Waals surface area contributed by atoms with Crippen LogP contribution in [0.5, 0.6) is 5.75 Å². The van der Waals surface area contributed by atoms with Gasteiger partial charge < -0.3 is 34.3 Å². The highest BCUT2D eigenvalue weighted by molar-refractivity contribution is 6.02. The summed E-state index contributed by atoms with van der Waals surface area (Å²) < 4.78 is 16.4. The third-order valence-electron chi connectivity index (χ3n) is 7.15. The Balaban J connectivity index is 1.49. The van der Waals surface area contributed by atoms with E-state index in [-0.39, 0.29) is 5.91 Å². The Labute approximate surface area is 254 Å². The number of aromatic nitrogens is 2. The van der Waals surface area contributed by atoms with E-state index >= 15 is 0 Å². The summed E-state index contributed by atoms with van der Waals surface area (Å²) in [6.07, 6.45) is 8.03. The van der Waals surface area contributed by atoms with Crippen molar-refractivity contribution in [2.24, 2.45) is 4.99 Å². The maximum Gasteiger partial charge on any atom is 0.270 e. The highest BCUT2D eigenvalue weighted by Gasteiger charge is 2.21. The number of likely N-dealkylation sites (N-methyl/N-ethyl adjacent to an activating group) is 1. The lowest BCUT2D eigenvalue weighted by molar-refractivity contribution is 0.0544. The van der Waals surface area contributed by atoms with Crippen LogP contribution in [-0.4, -0.2) is 98.3 Å². The van der Waals surface area contributed by atoms with Crippen molar-refractivity contribution in [3.63, 3.8) is 0 Å². The van der Waals surface area contributed by atoms with Gasteiger partial charge in [-0.15, -0.1) is 0 Å². The Kier molecular flexibility index (Phi) is 12.3. The molecule has 1 aliphatic rings. The average Bonchev–Trinajstić information content (AvgIpc) is 3.45. The van der Waals surface area contributed by atoms with E-state index in [0.29, 0.717) is 49.3 Å². The molecular weight excluding hydrogens is 544 g/mol. The predicted molar refractivity (Wildman–Crippen MR) is 173 cm³/mol. The van der Waals surface area contributed by atoms with Crippen molar-refractivity contribution in [3.05, 3.63) is 72.7 Å². The summed E-state index contributed by atoms with van der Waals surface area (Å²) >= 11 is 0. The summed E-state index contributed by atoms with van der Waals surface area (Å²) in [5.74, 6) is 1.55. The SMILES string of the molecule is C=C/C=C(\N=C(CCCC)Nc1ccc2[nH]c(C(=O)N3CCN(C)CC3)cc2c1)c1cc(OCCOCCOC)ccn1. The second-order valence-corrected chi connectivity index (χ2v) is 10.5. The number of pyridine rings is 1. The zero-order chi connectivity index (χ0) is 30.4. The number of ether oxygens (including phenoxy) is 3. The van der Waals surface area contributed by atoms with Crippen molar-refractivity contribution < 1.29 is 19.0 Å². The van der Waals surface area contributed by atoms with Gasteiger partial charge in [0.25, 0.3) is 5.91 Å². The molecule has 10 nitrogen and oxygen atoms in total. The summed E-state index contributed by atoms with van der Waals surface area (Å²) in [5, 5.41) is 4.49. The third-order valence-corrected chi connectivity index (χ3v) is 7.15. The van der Waals surface area contributed by atoms with E-state index in [1.54, 1.807) is 19.4 Å². The van der Waals surface area contributed by atoms with Crippen molar-refractivity contribution in [1.82, 2.24) is 19.8 Å². The summed E-state index contributed by atoms with van der Waals surface area (Å²) in [5.41, 5.74) is 3.80. The van der Waals surface area contributed by atoms with Gasteiger partial charge in [0.1, 0.15) is 23.9 Å². The Bertz CT molecular complexity index is 1410. The van der Waals surface area contributed by atoms with E-state index in [1.165, 1.54) is 0 Å². The number of carbonyl (C=O) groups excluding carboxylic acids is 1. The summed E-state index contributed by atoms with van der Waals surface area (Å²) in [6.45, 7) is 11.3. The second-order valence-electron chi connectivity index (χ2n) is 10.5. The van der Waals surface area contributed by atoms with Gasteiger partial charge in [-0.05, 0) is 49.9 Å². The zero-order valence-electron chi connectivity index (χ0n) is 25.6. The molecule has 1 saturated heterocycles. The number of nitrogens with zero attached hydrogens (tertiary/aromatic N) is 4. The number of fused-ring (bicyclic) bond motifs is 1. The molecule has 10 heteroatoms. The number of H-pyrrole nitrogens is 1. The molecule has 3 heterocycles. The molecule has 2 aromatic heterocycles. The van der Waals surface area contributed by atoms with Crippen LogP contribution in [0, 0.1) is 0 Å². The molecule has 0 atom stereocenters. The fourth-order valence-electron chi connectivity index (χ4n) is 4.70. The molecule has 0 bridgehead atoms. The van der Waals surface area contributed by atoms with Gasteiger partial charge in [-0.25, -0.2) is 4.99 Å². The molecule has 4 rings (SSSR count). The quantitative estimate of drug-likeness (QED) is 0.109. The fourth-order valence-corrected chi connectivity index (χ4v) is 4.70. The molecule has 1 amide bonds. The van der Waals surface area contributed by atoms with Gasteiger partial charge >= 0.3 is 0 Å². The number of nitrogens with one attached hydrogen (secondary N) is 2. The molecule has 0 radical (unpaired) electrons. The summed E-state index contributed by atoms with van der Waals surface area (Å²) in [6, 6.07) is 11.7. The van der Waals surface area contributed by atoms with Gasteiger partial charge in [-0.3, -0.25) is 9.78 Å².